The van der Waals surface area contributed by atoms with Crippen LogP contribution in [-0.4, -0.2) is 74.3 Å². The van der Waals surface area contributed by atoms with Crippen molar-refractivity contribution in [3.8, 4) is 5.75 Å². The Balaban J connectivity index is 1.54. The summed E-state index contributed by atoms with van der Waals surface area (Å²) < 4.78 is 15.0. The molecule has 0 saturated carbocycles. The first-order valence-electron chi connectivity index (χ1n) is 9.47. The van der Waals surface area contributed by atoms with Crippen molar-refractivity contribution in [1.82, 2.24) is 20.3 Å². The Bertz CT molecular complexity index is 829. The molecule has 0 radical (unpaired) electrons. The summed E-state index contributed by atoms with van der Waals surface area (Å²) in [7, 11) is 4.67. The first kappa shape index (κ1) is 20.7. The van der Waals surface area contributed by atoms with Gasteiger partial charge in [-0.25, -0.2) is 4.79 Å². The minimum atomic E-state index is -0.416. The van der Waals surface area contributed by atoms with Crippen LogP contribution in [0, 0.1) is 0 Å². The third kappa shape index (κ3) is 5.26. The van der Waals surface area contributed by atoms with E-state index in [4.69, 9.17) is 14.0 Å². The van der Waals surface area contributed by atoms with Crippen molar-refractivity contribution >= 4 is 11.9 Å². The van der Waals surface area contributed by atoms with Gasteiger partial charge >= 0.3 is 5.97 Å². The van der Waals surface area contributed by atoms with E-state index in [1.54, 1.807) is 19.4 Å². The van der Waals surface area contributed by atoms with Gasteiger partial charge in [-0.05, 0) is 17.7 Å². The second-order valence-electron chi connectivity index (χ2n) is 6.68. The van der Waals surface area contributed by atoms with Gasteiger partial charge in [-0.3, -0.25) is 9.89 Å². The number of carbonyl (C=O) groups excluding carboxylic acids is 1. The molecule has 2 heterocycles. The van der Waals surface area contributed by atoms with Crippen molar-refractivity contribution in [3.63, 3.8) is 0 Å². The maximum absolute atomic E-state index is 11.8. The lowest BCUT2D eigenvalue weighted by atomic mass is 10.1. The Labute approximate surface area is 170 Å². The normalized spacial score (nSPS) is 15.3. The second-order valence-corrected chi connectivity index (χ2v) is 6.68. The smallest absolute Gasteiger partial charge is 0.341 e. The van der Waals surface area contributed by atoms with Crippen molar-refractivity contribution < 1.29 is 18.8 Å². The summed E-state index contributed by atoms with van der Waals surface area (Å²) in [4.78, 5) is 20.8. The molecule has 0 amide bonds. The molecular formula is C20H27N5O4. The van der Waals surface area contributed by atoms with Crippen LogP contribution < -0.4 is 10.1 Å². The Morgan fingerprint density at radius 3 is 2.66 bits per heavy atom. The van der Waals surface area contributed by atoms with Crippen LogP contribution in [0.4, 0.5) is 0 Å². The number of aliphatic imine (C=N–C) groups is 1. The number of carbonyl (C=O) groups is 1. The number of esters is 1. The van der Waals surface area contributed by atoms with Crippen LogP contribution in [0.3, 0.4) is 0 Å². The predicted molar refractivity (Wildman–Crippen MR) is 108 cm³/mol. The predicted octanol–water partition coefficient (Wildman–Crippen LogP) is 1.36. The largest absolute Gasteiger partial charge is 0.496 e. The number of nitrogens with one attached hydrogen (secondary N) is 1. The lowest BCUT2D eigenvalue weighted by Gasteiger charge is -2.36. The van der Waals surface area contributed by atoms with E-state index in [2.05, 4.69) is 25.3 Å². The first-order valence-corrected chi connectivity index (χ1v) is 9.47. The van der Waals surface area contributed by atoms with Crippen molar-refractivity contribution in [2.24, 2.45) is 4.99 Å². The van der Waals surface area contributed by atoms with Gasteiger partial charge in [-0.2, -0.15) is 0 Å². The molecule has 156 valence electrons. The van der Waals surface area contributed by atoms with Gasteiger partial charge in [0, 0.05) is 52.4 Å². The second kappa shape index (κ2) is 9.92. The molecule has 0 spiro atoms. The van der Waals surface area contributed by atoms with Crippen LogP contribution >= 0.6 is 0 Å². The van der Waals surface area contributed by atoms with E-state index in [0.717, 1.165) is 49.9 Å². The van der Waals surface area contributed by atoms with Crippen LogP contribution in [0.25, 0.3) is 0 Å². The summed E-state index contributed by atoms with van der Waals surface area (Å²) >= 11 is 0. The number of aromatic nitrogens is 1. The van der Waals surface area contributed by atoms with E-state index >= 15 is 0 Å². The van der Waals surface area contributed by atoms with Gasteiger partial charge in [0.15, 0.2) is 5.96 Å². The van der Waals surface area contributed by atoms with Gasteiger partial charge in [-0.1, -0.05) is 11.2 Å². The van der Waals surface area contributed by atoms with Crippen molar-refractivity contribution in [3.05, 3.63) is 47.3 Å². The molecular weight excluding hydrogens is 374 g/mol. The summed E-state index contributed by atoms with van der Waals surface area (Å²) in [6, 6.07) is 7.33. The van der Waals surface area contributed by atoms with Gasteiger partial charge in [0.1, 0.15) is 17.6 Å². The zero-order valence-corrected chi connectivity index (χ0v) is 17.1. The van der Waals surface area contributed by atoms with E-state index in [9.17, 15) is 4.79 Å². The number of methoxy groups -OCH3 is 2. The molecule has 0 atom stereocenters. The Morgan fingerprint density at radius 2 is 2.03 bits per heavy atom. The molecule has 9 nitrogen and oxygen atoms in total. The van der Waals surface area contributed by atoms with Gasteiger partial charge in [0.05, 0.1) is 19.9 Å². The lowest BCUT2D eigenvalue weighted by molar-refractivity contribution is 0.0597. The van der Waals surface area contributed by atoms with Crippen molar-refractivity contribution in [2.45, 2.75) is 13.1 Å². The van der Waals surface area contributed by atoms with Crippen LogP contribution in [0.5, 0.6) is 5.75 Å². The number of benzene rings is 1. The molecule has 1 aromatic carbocycles. The van der Waals surface area contributed by atoms with Gasteiger partial charge in [0.2, 0.25) is 0 Å². The molecule has 1 saturated heterocycles. The minimum Gasteiger partial charge on any atom is -0.496 e. The zero-order valence-electron chi connectivity index (χ0n) is 17.1. The average Bonchev–Trinajstić information content (AvgIpc) is 3.27. The van der Waals surface area contributed by atoms with Gasteiger partial charge in [0.25, 0.3) is 0 Å². The fourth-order valence-electron chi connectivity index (χ4n) is 3.30. The van der Waals surface area contributed by atoms with Crippen LogP contribution in [0.2, 0.25) is 0 Å². The van der Waals surface area contributed by atoms with Crippen molar-refractivity contribution in [2.75, 3.05) is 47.4 Å². The standard InChI is InChI=1S/C20H27N5O4/c1-21-20(25-9-7-24(8-10-25)14-16-6-11-29-23-16)22-13-15-4-5-17(19(26)28-3)18(12-15)27-2/h4-6,11-12H,7-10,13-14H2,1-3H3,(H,21,22). The summed E-state index contributed by atoms with van der Waals surface area (Å²) in [6.07, 6.45) is 1.60. The highest BCUT2D eigenvalue weighted by Crippen LogP contribution is 2.21. The van der Waals surface area contributed by atoms with Crippen LogP contribution in [-0.2, 0) is 17.8 Å². The zero-order chi connectivity index (χ0) is 20.6. The molecule has 9 heteroatoms. The van der Waals surface area contributed by atoms with E-state index in [-0.39, 0.29) is 0 Å². The fraction of sp³-hybridized carbons (Fsp3) is 0.450. The number of ether oxygens (including phenoxy) is 2. The van der Waals surface area contributed by atoms with Crippen molar-refractivity contribution in [1.29, 1.82) is 0 Å². The fourth-order valence-corrected chi connectivity index (χ4v) is 3.30. The Hall–Kier alpha value is -3.07. The average molecular weight is 401 g/mol. The highest BCUT2D eigenvalue weighted by atomic mass is 16.5. The monoisotopic (exact) mass is 401 g/mol. The van der Waals surface area contributed by atoms with E-state index in [1.807, 2.05) is 18.2 Å². The number of hydrogen-bond acceptors (Lipinski definition) is 7. The number of guanidine groups is 1. The SMILES string of the molecule is CN=C(NCc1ccc(C(=O)OC)c(OC)c1)N1CCN(Cc2ccon2)CC1. The number of hydrogen-bond donors (Lipinski definition) is 1. The quantitative estimate of drug-likeness (QED) is 0.441. The molecule has 0 bridgehead atoms. The number of nitrogens with zero attached hydrogens (tertiary/aromatic N) is 4. The molecule has 1 aromatic heterocycles. The molecule has 29 heavy (non-hydrogen) atoms. The molecule has 0 unspecified atom stereocenters. The molecule has 1 N–H and O–H groups in total. The minimum absolute atomic E-state index is 0.409. The molecule has 0 aliphatic carbocycles. The topological polar surface area (TPSA) is 92.4 Å². The summed E-state index contributed by atoms with van der Waals surface area (Å²) in [5.74, 6) is 0.926. The maximum atomic E-state index is 11.8. The molecule has 1 aliphatic rings. The Morgan fingerprint density at radius 1 is 1.24 bits per heavy atom. The summed E-state index contributed by atoms with van der Waals surface area (Å²) in [5, 5.41) is 7.36. The van der Waals surface area contributed by atoms with Gasteiger partial charge < -0.3 is 24.2 Å². The summed E-state index contributed by atoms with van der Waals surface area (Å²) in [5.41, 5.74) is 2.34. The highest BCUT2D eigenvalue weighted by molar-refractivity contribution is 5.92. The molecule has 1 fully saturated rings. The molecule has 3 rings (SSSR count). The number of rotatable bonds is 6. The third-order valence-corrected chi connectivity index (χ3v) is 4.88. The molecule has 2 aromatic rings. The summed E-state index contributed by atoms with van der Waals surface area (Å²) in [6.45, 7) is 4.97. The van der Waals surface area contributed by atoms with Crippen LogP contribution in [0.1, 0.15) is 21.6 Å². The maximum Gasteiger partial charge on any atom is 0.341 e. The van der Waals surface area contributed by atoms with E-state index < -0.39 is 5.97 Å². The highest BCUT2D eigenvalue weighted by Gasteiger charge is 2.20. The first-order chi connectivity index (χ1) is 14.1. The molecule has 1 aliphatic heterocycles. The third-order valence-electron chi connectivity index (χ3n) is 4.88. The van der Waals surface area contributed by atoms with E-state index in [1.165, 1.54) is 14.2 Å². The van der Waals surface area contributed by atoms with Crippen LogP contribution in [0.15, 0.2) is 40.0 Å². The lowest BCUT2D eigenvalue weighted by Crippen LogP contribution is -2.52. The number of piperazine rings is 1. The van der Waals surface area contributed by atoms with Gasteiger partial charge in [-0.15, -0.1) is 0 Å². The van der Waals surface area contributed by atoms with E-state index in [0.29, 0.717) is 17.9 Å². The Kier molecular flexibility index (Phi) is 7.07.